The molecular formula is C13H22N4. The maximum atomic E-state index is 4.54. The summed E-state index contributed by atoms with van der Waals surface area (Å²) >= 11 is 0. The molecule has 0 radical (unpaired) electrons. The summed E-state index contributed by atoms with van der Waals surface area (Å²) in [4.78, 5) is 2.54. The Morgan fingerprint density at radius 3 is 2.71 bits per heavy atom. The lowest BCUT2D eigenvalue weighted by Gasteiger charge is -2.29. The predicted molar refractivity (Wildman–Crippen MR) is 68.1 cm³/mol. The van der Waals surface area contributed by atoms with Crippen LogP contribution in [-0.4, -0.2) is 41.3 Å². The van der Waals surface area contributed by atoms with E-state index in [-0.39, 0.29) is 0 Å². The third kappa shape index (κ3) is 2.24. The van der Waals surface area contributed by atoms with Crippen LogP contribution in [0.2, 0.25) is 0 Å². The number of aryl methyl sites for hydroxylation is 1. The first-order valence-electron chi connectivity index (χ1n) is 6.81. The van der Waals surface area contributed by atoms with Crippen molar-refractivity contribution in [2.45, 2.75) is 38.6 Å². The molecule has 2 aliphatic rings. The van der Waals surface area contributed by atoms with Gasteiger partial charge in [0.25, 0.3) is 0 Å². The molecule has 1 aromatic rings. The van der Waals surface area contributed by atoms with Gasteiger partial charge in [0.1, 0.15) is 0 Å². The largest absolute Gasteiger partial charge is 0.314 e. The van der Waals surface area contributed by atoms with E-state index in [4.69, 9.17) is 0 Å². The fraction of sp³-hybridized carbons (Fsp3) is 0.769. The highest BCUT2D eigenvalue weighted by molar-refractivity contribution is 5.28. The van der Waals surface area contributed by atoms with Crippen LogP contribution < -0.4 is 5.32 Å². The van der Waals surface area contributed by atoms with E-state index in [9.17, 15) is 0 Å². The Labute approximate surface area is 103 Å². The molecule has 0 bridgehead atoms. The number of nitrogens with zero attached hydrogens (tertiary/aromatic N) is 2. The van der Waals surface area contributed by atoms with Crippen LogP contribution in [0.4, 0.5) is 0 Å². The summed E-state index contributed by atoms with van der Waals surface area (Å²) in [5.74, 6) is 0.734. The Bertz CT molecular complexity index is 375. The van der Waals surface area contributed by atoms with Gasteiger partial charge in [-0.3, -0.25) is 10.00 Å². The van der Waals surface area contributed by atoms with Gasteiger partial charge in [0.2, 0.25) is 0 Å². The summed E-state index contributed by atoms with van der Waals surface area (Å²) in [5, 5.41) is 11.1. The number of hydrogen-bond donors (Lipinski definition) is 2. The maximum absolute atomic E-state index is 4.54. The molecule has 2 fully saturated rings. The zero-order chi connectivity index (χ0) is 11.7. The van der Waals surface area contributed by atoms with Crippen molar-refractivity contribution >= 4 is 0 Å². The fourth-order valence-corrected chi connectivity index (χ4v) is 2.78. The highest BCUT2D eigenvalue weighted by Gasteiger charge is 2.26. The quantitative estimate of drug-likeness (QED) is 0.830. The Kier molecular flexibility index (Phi) is 3.16. The van der Waals surface area contributed by atoms with Gasteiger partial charge in [0, 0.05) is 49.9 Å². The summed E-state index contributed by atoms with van der Waals surface area (Å²) in [7, 11) is 0. The van der Waals surface area contributed by atoms with E-state index >= 15 is 0 Å². The van der Waals surface area contributed by atoms with Gasteiger partial charge in [-0.05, 0) is 19.8 Å². The lowest BCUT2D eigenvalue weighted by Crippen LogP contribution is -2.43. The third-order valence-electron chi connectivity index (χ3n) is 4.19. The lowest BCUT2D eigenvalue weighted by molar-refractivity contribution is 0.231. The van der Waals surface area contributed by atoms with Gasteiger partial charge in [-0.25, -0.2) is 0 Å². The highest BCUT2D eigenvalue weighted by Crippen LogP contribution is 2.37. The van der Waals surface area contributed by atoms with E-state index in [1.165, 1.54) is 36.2 Å². The number of aromatic amines is 1. The molecule has 1 saturated heterocycles. The zero-order valence-corrected chi connectivity index (χ0v) is 10.6. The van der Waals surface area contributed by atoms with Crippen molar-refractivity contribution in [2.24, 2.45) is 0 Å². The Balaban J connectivity index is 1.73. The van der Waals surface area contributed by atoms with Crippen LogP contribution >= 0.6 is 0 Å². The predicted octanol–water partition coefficient (Wildman–Crippen LogP) is 1.39. The average Bonchev–Trinajstić information content (AvgIpc) is 2.61. The zero-order valence-electron chi connectivity index (χ0n) is 10.6. The van der Waals surface area contributed by atoms with Gasteiger partial charge in [-0.2, -0.15) is 5.10 Å². The second-order valence-electron chi connectivity index (χ2n) is 5.37. The highest BCUT2D eigenvalue weighted by atomic mass is 15.2. The van der Waals surface area contributed by atoms with E-state index in [1.807, 2.05) is 0 Å². The topological polar surface area (TPSA) is 44.0 Å². The summed E-state index contributed by atoms with van der Waals surface area (Å²) in [6, 6.07) is 0. The molecule has 2 heterocycles. The minimum atomic E-state index is 0.734. The monoisotopic (exact) mass is 234 g/mol. The van der Waals surface area contributed by atoms with Gasteiger partial charge in [-0.1, -0.05) is 6.42 Å². The van der Waals surface area contributed by atoms with Gasteiger partial charge in [0.15, 0.2) is 0 Å². The molecule has 0 amide bonds. The molecule has 17 heavy (non-hydrogen) atoms. The second-order valence-corrected chi connectivity index (χ2v) is 5.37. The van der Waals surface area contributed by atoms with Crippen LogP contribution in [-0.2, 0) is 6.54 Å². The van der Waals surface area contributed by atoms with Crippen molar-refractivity contribution in [1.29, 1.82) is 0 Å². The van der Waals surface area contributed by atoms with Gasteiger partial charge < -0.3 is 5.32 Å². The molecule has 4 heteroatoms. The number of rotatable bonds is 3. The van der Waals surface area contributed by atoms with Crippen LogP contribution in [0.5, 0.6) is 0 Å². The van der Waals surface area contributed by atoms with Crippen molar-refractivity contribution in [3.8, 4) is 0 Å². The fourth-order valence-electron chi connectivity index (χ4n) is 2.78. The van der Waals surface area contributed by atoms with Crippen LogP contribution in [0.3, 0.4) is 0 Å². The molecular weight excluding hydrogens is 212 g/mol. The van der Waals surface area contributed by atoms with Crippen molar-refractivity contribution in [2.75, 3.05) is 26.2 Å². The number of hydrogen-bond acceptors (Lipinski definition) is 3. The van der Waals surface area contributed by atoms with Crippen molar-refractivity contribution < 1.29 is 0 Å². The average molecular weight is 234 g/mol. The SMILES string of the molecule is Cc1[nH]nc(C2CCC2)c1CN1CCNCC1. The minimum Gasteiger partial charge on any atom is -0.314 e. The summed E-state index contributed by atoms with van der Waals surface area (Å²) in [6.07, 6.45) is 4.04. The number of piperazine rings is 1. The molecule has 0 spiro atoms. The third-order valence-corrected chi connectivity index (χ3v) is 4.19. The molecule has 1 saturated carbocycles. The van der Waals surface area contributed by atoms with Crippen LogP contribution in [0, 0.1) is 6.92 Å². The first-order chi connectivity index (χ1) is 8.34. The second kappa shape index (κ2) is 4.78. The smallest absolute Gasteiger partial charge is 0.0700 e. The van der Waals surface area contributed by atoms with E-state index in [0.717, 1.165) is 38.6 Å². The molecule has 3 rings (SSSR count). The molecule has 1 aromatic heterocycles. The Hall–Kier alpha value is -0.870. The lowest BCUT2D eigenvalue weighted by atomic mass is 9.81. The van der Waals surface area contributed by atoms with Gasteiger partial charge in [0.05, 0.1) is 5.69 Å². The molecule has 94 valence electrons. The van der Waals surface area contributed by atoms with E-state index in [2.05, 4.69) is 27.3 Å². The van der Waals surface area contributed by atoms with Crippen LogP contribution in [0.25, 0.3) is 0 Å². The molecule has 0 atom stereocenters. The first-order valence-corrected chi connectivity index (χ1v) is 6.81. The Morgan fingerprint density at radius 2 is 2.06 bits per heavy atom. The minimum absolute atomic E-state index is 0.734. The van der Waals surface area contributed by atoms with E-state index < -0.39 is 0 Å². The number of nitrogens with one attached hydrogen (secondary N) is 2. The number of aromatic nitrogens is 2. The molecule has 1 aliphatic carbocycles. The van der Waals surface area contributed by atoms with E-state index in [0.29, 0.717) is 0 Å². The summed E-state index contributed by atoms with van der Waals surface area (Å²) < 4.78 is 0. The number of H-pyrrole nitrogens is 1. The molecule has 2 N–H and O–H groups in total. The first kappa shape index (κ1) is 11.2. The summed E-state index contributed by atoms with van der Waals surface area (Å²) in [6.45, 7) is 7.80. The summed E-state index contributed by atoms with van der Waals surface area (Å²) in [5.41, 5.74) is 4.09. The van der Waals surface area contributed by atoms with Crippen LogP contribution in [0.15, 0.2) is 0 Å². The van der Waals surface area contributed by atoms with E-state index in [1.54, 1.807) is 0 Å². The molecule has 0 unspecified atom stereocenters. The Morgan fingerprint density at radius 1 is 1.29 bits per heavy atom. The van der Waals surface area contributed by atoms with Crippen molar-refractivity contribution in [1.82, 2.24) is 20.4 Å². The molecule has 4 nitrogen and oxygen atoms in total. The van der Waals surface area contributed by atoms with Gasteiger partial charge in [-0.15, -0.1) is 0 Å². The normalized spacial score (nSPS) is 22.6. The van der Waals surface area contributed by atoms with Gasteiger partial charge >= 0.3 is 0 Å². The van der Waals surface area contributed by atoms with Crippen LogP contribution in [0.1, 0.15) is 42.1 Å². The van der Waals surface area contributed by atoms with Crippen molar-refractivity contribution in [3.63, 3.8) is 0 Å². The standard InChI is InChI=1S/C13H22N4/c1-10-12(9-17-7-5-14-6-8-17)13(16-15-10)11-3-2-4-11/h11,14H,2-9H2,1H3,(H,15,16). The molecule has 0 aromatic carbocycles. The van der Waals surface area contributed by atoms with Crippen molar-refractivity contribution in [3.05, 3.63) is 17.0 Å². The molecule has 1 aliphatic heterocycles. The maximum Gasteiger partial charge on any atom is 0.0700 e.